The molecule has 1 aliphatic rings. The quantitative estimate of drug-likeness (QED) is 0.800. The van der Waals surface area contributed by atoms with Crippen molar-refractivity contribution in [3.63, 3.8) is 0 Å². The molecule has 0 aliphatic carbocycles. The highest BCUT2D eigenvalue weighted by atomic mass is 16.2. The summed E-state index contributed by atoms with van der Waals surface area (Å²) in [5.74, 6) is -0.537. The van der Waals surface area contributed by atoms with Crippen LogP contribution in [0.4, 0.5) is 11.5 Å². The number of hydrogen-bond acceptors (Lipinski definition) is 5. The molecular weight excluding hydrogens is 336 g/mol. The SMILES string of the molecule is CCc1ccc(N2C(=O)C[C@@H](Nc3cc(=O)n(C)c(=O)n3C)C2=O)cc1. The fraction of sp³-hybridized carbons (Fsp3) is 0.333. The lowest BCUT2D eigenvalue weighted by Crippen LogP contribution is -2.40. The molecule has 0 radical (unpaired) electrons. The molecule has 2 aromatic rings. The smallest absolute Gasteiger partial charge is 0.332 e. The molecule has 1 N–H and O–H groups in total. The molecular formula is C18H20N4O4. The molecule has 0 saturated carbocycles. The summed E-state index contributed by atoms with van der Waals surface area (Å²) in [6.45, 7) is 2.02. The number of carbonyl (C=O) groups excluding carboxylic acids is 2. The van der Waals surface area contributed by atoms with Gasteiger partial charge in [-0.2, -0.15) is 0 Å². The predicted molar refractivity (Wildman–Crippen MR) is 97.3 cm³/mol. The Balaban J connectivity index is 1.88. The topological polar surface area (TPSA) is 93.4 Å². The molecule has 2 amide bonds. The summed E-state index contributed by atoms with van der Waals surface area (Å²) in [5, 5.41) is 2.86. The standard InChI is InChI=1S/C18H20N4O4/c1-4-11-5-7-12(8-6-11)22-16(24)9-13(17(22)25)19-14-10-15(23)21(3)18(26)20(14)2/h5-8,10,13,19H,4,9H2,1-3H3/t13-/m1/s1. The van der Waals surface area contributed by atoms with Gasteiger partial charge in [0.1, 0.15) is 11.9 Å². The minimum Gasteiger partial charge on any atom is -0.359 e. The van der Waals surface area contributed by atoms with Gasteiger partial charge in [0, 0.05) is 20.2 Å². The molecule has 8 heteroatoms. The van der Waals surface area contributed by atoms with Gasteiger partial charge in [-0.15, -0.1) is 0 Å². The monoisotopic (exact) mass is 356 g/mol. The number of nitrogens with zero attached hydrogens (tertiary/aromatic N) is 3. The van der Waals surface area contributed by atoms with Gasteiger partial charge in [0.25, 0.3) is 11.5 Å². The molecule has 8 nitrogen and oxygen atoms in total. The Hall–Kier alpha value is -3.16. The van der Waals surface area contributed by atoms with Crippen LogP contribution in [0.3, 0.4) is 0 Å². The number of imide groups is 1. The molecule has 2 heterocycles. The molecule has 1 aromatic heterocycles. The first-order valence-corrected chi connectivity index (χ1v) is 8.32. The zero-order valence-electron chi connectivity index (χ0n) is 14.9. The highest BCUT2D eigenvalue weighted by Crippen LogP contribution is 2.25. The van der Waals surface area contributed by atoms with Crippen LogP contribution in [-0.2, 0) is 30.1 Å². The van der Waals surface area contributed by atoms with Gasteiger partial charge in [0.05, 0.1) is 12.1 Å². The predicted octanol–water partition coefficient (Wildman–Crippen LogP) is 0.390. The second-order valence-corrected chi connectivity index (χ2v) is 6.26. The van der Waals surface area contributed by atoms with E-state index in [0.29, 0.717) is 5.69 Å². The largest absolute Gasteiger partial charge is 0.359 e. The first-order valence-electron chi connectivity index (χ1n) is 8.32. The summed E-state index contributed by atoms with van der Waals surface area (Å²) in [6, 6.07) is 7.64. The van der Waals surface area contributed by atoms with E-state index in [-0.39, 0.29) is 18.1 Å². The number of carbonyl (C=O) groups is 2. The van der Waals surface area contributed by atoms with Gasteiger partial charge in [0.15, 0.2) is 0 Å². The van der Waals surface area contributed by atoms with E-state index in [4.69, 9.17) is 0 Å². The molecule has 1 saturated heterocycles. The lowest BCUT2D eigenvalue weighted by atomic mass is 10.1. The number of aromatic nitrogens is 2. The van der Waals surface area contributed by atoms with Crippen LogP contribution in [0.25, 0.3) is 0 Å². The van der Waals surface area contributed by atoms with Crippen LogP contribution in [0.15, 0.2) is 39.9 Å². The van der Waals surface area contributed by atoms with Crippen molar-refractivity contribution < 1.29 is 9.59 Å². The van der Waals surface area contributed by atoms with E-state index < -0.39 is 23.2 Å². The van der Waals surface area contributed by atoms with E-state index >= 15 is 0 Å². The van der Waals surface area contributed by atoms with Crippen molar-refractivity contribution >= 4 is 23.3 Å². The van der Waals surface area contributed by atoms with Crippen LogP contribution in [0.5, 0.6) is 0 Å². The Kier molecular flexibility index (Phi) is 4.50. The molecule has 0 unspecified atom stereocenters. The number of nitrogens with one attached hydrogen (secondary N) is 1. The summed E-state index contributed by atoms with van der Waals surface area (Å²) in [5.41, 5.74) is 0.625. The van der Waals surface area contributed by atoms with Gasteiger partial charge >= 0.3 is 5.69 Å². The zero-order valence-corrected chi connectivity index (χ0v) is 14.9. The van der Waals surface area contributed by atoms with Gasteiger partial charge in [0.2, 0.25) is 5.91 Å². The van der Waals surface area contributed by atoms with Gasteiger partial charge < -0.3 is 5.32 Å². The number of benzene rings is 1. The van der Waals surface area contributed by atoms with E-state index in [1.165, 1.54) is 24.7 Å². The Morgan fingerprint density at radius 3 is 2.31 bits per heavy atom. The van der Waals surface area contributed by atoms with Crippen LogP contribution in [0.1, 0.15) is 18.9 Å². The van der Waals surface area contributed by atoms with Crippen molar-refractivity contribution in [2.75, 3.05) is 10.2 Å². The fourth-order valence-corrected chi connectivity index (χ4v) is 2.95. The van der Waals surface area contributed by atoms with E-state index in [0.717, 1.165) is 21.5 Å². The summed E-state index contributed by atoms with van der Waals surface area (Å²) < 4.78 is 2.20. The summed E-state index contributed by atoms with van der Waals surface area (Å²) in [4.78, 5) is 50.0. The van der Waals surface area contributed by atoms with E-state index in [2.05, 4.69) is 5.32 Å². The first-order chi connectivity index (χ1) is 12.3. The van der Waals surface area contributed by atoms with Gasteiger partial charge in [-0.25, -0.2) is 9.69 Å². The summed E-state index contributed by atoms with van der Waals surface area (Å²) in [6.07, 6.45) is 0.821. The number of anilines is 2. The van der Waals surface area contributed by atoms with Crippen LogP contribution >= 0.6 is 0 Å². The van der Waals surface area contributed by atoms with E-state index in [9.17, 15) is 19.2 Å². The minimum atomic E-state index is -0.828. The molecule has 1 atom stereocenters. The number of hydrogen-bond donors (Lipinski definition) is 1. The third-order valence-electron chi connectivity index (χ3n) is 4.60. The van der Waals surface area contributed by atoms with Crippen molar-refractivity contribution in [2.24, 2.45) is 14.1 Å². The van der Waals surface area contributed by atoms with Crippen molar-refractivity contribution in [2.45, 2.75) is 25.8 Å². The second kappa shape index (κ2) is 6.62. The van der Waals surface area contributed by atoms with Crippen molar-refractivity contribution in [1.82, 2.24) is 9.13 Å². The zero-order chi connectivity index (χ0) is 19.0. The van der Waals surface area contributed by atoms with Crippen molar-refractivity contribution in [3.05, 3.63) is 56.7 Å². The third kappa shape index (κ3) is 2.94. The lowest BCUT2D eigenvalue weighted by molar-refractivity contribution is -0.121. The Bertz CT molecular complexity index is 988. The summed E-state index contributed by atoms with van der Waals surface area (Å²) in [7, 11) is 2.87. The average Bonchev–Trinajstić information content (AvgIpc) is 2.91. The highest BCUT2D eigenvalue weighted by molar-refractivity contribution is 6.23. The van der Waals surface area contributed by atoms with Gasteiger partial charge in [-0.1, -0.05) is 19.1 Å². The molecule has 1 fully saturated rings. The highest BCUT2D eigenvalue weighted by Gasteiger charge is 2.39. The summed E-state index contributed by atoms with van der Waals surface area (Å²) >= 11 is 0. The van der Waals surface area contributed by atoms with Crippen LogP contribution in [0.2, 0.25) is 0 Å². The molecule has 3 rings (SSSR count). The van der Waals surface area contributed by atoms with E-state index in [1.807, 2.05) is 19.1 Å². The van der Waals surface area contributed by atoms with E-state index in [1.54, 1.807) is 12.1 Å². The second-order valence-electron chi connectivity index (χ2n) is 6.26. The molecule has 0 bridgehead atoms. The van der Waals surface area contributed by atoms with Gasteiger partial charge in [-0.05, 0) is 24.1 Å². The van der Waals surface area contributed by atoms with Crippen LogP contribution in [-0.4, -0.2) is 27.0 Å². The first kappa shape index (κ1) is 17.7. The van der Waals surface area contributed by atoms with Crippen molar-refractivity contribution in [3.8, 4) is 0 Å². The maximum atomic E-state index is 12.7. The molecule has 0 spiro atoms. The maximum absolute atomic E-state index is 12.7. The number of aryl methyl sites for hydroxylation is 1. The molecule has 136 valence electrons. The normalized spacial score (nSPS) is 17.0. The molecule has 1 aliphatic heterocycles. The average molecular weight is 356 g/mol. The van der Waals surface area contributed by atoms with Crippen LogP contribution in [0, 0.1) is 0 Å². The molecule has 1 aromatic carbocycles. The number of amides is 2. The van der Waals surface area contributed by atoms with Crippen molar-refractivity contribution in [1.29, 1.82) is 0 Å². The Morgan fingerprint density at radius 1 is 1.04 bits per heavy atom. The maximum Gasteiger partial charge on any atom is 0.332 e. The third-order valence-corrected chi connectivity index (χ3v) is 4.60. The fourth-order valence-electron chi connectivity index (χ4n) is 2.95. The van der Waals surface area contributed by atoms with Crippen LogP contribution < -0.4 is 21.5 Å². The Morgan fingerprint density at radius 2 is 1.69 bits per heavy atom. The Labute approximate surface area is 149 Å². The molecule has 26 heavy (non-hydrogen) atoms. The number of rotatable bonds is 4. The lowest BCUT2D eigenvalue weighted by Gasteiger charge is -2.17. The van der Waals surface area contributed by atoms with Gasteiger partial charge in [-0.3, -0.25) is 23.5 Å². The minimum absolute atomic E-state index is 0.0439.